The molecular formula is C15H27N. The van der Waals surface area contributed by atoms with Crippen LogP contribution < -0.4 is 0 Å². The predicted molar refractivity (Wildman–Crippen MR) is 71.9 cm³/mol. The molecule has 1 unspecified atom stereocenters. The van der Waals surface area contributed by atoms with E-state index < -0.39 is 0 Å². The van der Waals surface area contributed by atoms with Gasteiger partial charge >= 0.3 is 0 Å². The maximum Gasteiger partial charge on any atom is 0.0210 e. The van der Waals surface area contributed by atoms with Crippen LogP contribution in [-0.4, -0.2) is 4.98 Å². The summed E-state index contributed by atoms with van der Waals surface area (Å²) in [6.45, 7) is 9.14. The van der Waals surface area contributed by atoms with E-state index in [2.05, 4.69) is 44.9 Å². The molecule has 1 rings (SSSR count). The lowest BCUT2D eigenvalue weighted by Gasteiger charge is -2.28. The van der Waals surface area contributed by atoms with Crippen LogP contribution in [-0.2, 0) is 5.41 Å². The van der Waals surface area contributed by atoms with E-state index in [0.717, 1.165) is 0 Å². The second-order valence-electron chi connectivity index (χ2n) is 5.36. The van der Waals surface area contributed by atoms with Crippen LogP contribution in [0, 0.1) is 6.92 Å². The molecule has 1 heterocycles. The number of nitrogens with one attached hydrogen (secondary N) is 1. The van der Waals surface area contributed by atoms with Crippen LogP contribution in [0.1, 0.15) is 70.6 Å². The highest BCUT2D eigenvalue weighted by Gasteiger charge is 2.26. The maximum atomic E-state index is 3.46. The molecule has 0 radical (unpaired) electrons. The van der Waals surface area contributed by atoms with Crippen molar-refractivity contribution in [2.75, 3.05) is 0 Å². The summed E-state index contributed by atoms with van der Waals surface area (Å²) in [5.41, 5.74) is 3.15. The van der Waals surface area contributed by atoms with Crippen LogP contribution >= 0.6 is 0 Å². The quantitative estimate of drug-likeness (QED) is 0.626. The van der Waals surface area contributed by atoms with Crippen LogP contribution in [0.15, 0.2) is 12.3 Å². The molecule has 1 nitrogen and oxygen atoms in total. The molecule has 0 spiro atoms. The Morgan fingerprint density at radius 3 is 2.38 bits per heavy atom. The zero-order valence-electron chi connectivity index (χ0n) is 11.4. The van der Waals surface area contributed by atoms with Crippen molar-refractivity contribution in [3.63, 3.8) is 0 Å². The fourth-order valence-electron chi connectivity index (χ4n) is 2.56. The summed E-state index contributed by atoms with van der Waals surface area (Å²) in [7, 11) is 0. The van der Waals surface area contributed by atoms with E-state index in [9.17, 15) is 0 Å². The van der Waals surface area contributed by atoms with Gasteiger partial charge in [-0.15, -0.1) is 0 Å². The summed E-state index contributed by atoms with van der Waals surface area (Å²) in [5.74, 6) is 0. The summed E-state index contributed by atoms with van der Waals surface area (Å²) in [5, 5.41) is 0. The zero-order valence-corrected chi connectivity index (χ0v) is 11.4. The van der Waals surface area contributed by atoms with Gasteiger partial charge < -0.3 is 4.98 Å². The van der Waals surface area contributed by atoms with Gasteiger partial charge in [0, 0.05) is 17.3 Å². The zero-order chi connectivity index (χ0) is 12.0. The Bertz CT molecular complexity index is 300. The van der Waals surface area contributed by atoms with Crippen molar-refractivity contribution in [3.05, 3.63) is 23.5 Å². The molecule has 1 heteroatoms. The molecular weight excluding hydrogens is 194 g/mol. The molecule has 0 aliphatic rings. The number of H-pyrrole nitrogens is 1. The van der Waals surface area contributed by atoms with Gasteiger partial charge in [-0.1, -0.05) is 46.5 Å². The highest BCUT2D eigenvalue weighted by atomic mass is 14.7. The molecule has 16 heavy (non-hydrogen) atoms. The second-order valence-corrected chi connectivity index (χ2v) is 5.36. The predicted octanol–water partition coefficient (Wildman–Crippen LogP) is 4.96. The monoisotopic (exact) mass is 221 g/mol. The molecule has 0 aliphatic carbocycles. The highest BCUT2D eigenvalue weighted by Crippen LogP contribution is 2.34. The van der Waals surface area contributed by atoms with E-state index in [1.807, 2.05) is 0 Å². The van der Waals surface area contributed by atoms with Gasteiger partial charge in [-0.25, -0.2) is 0 Å². The molecule has 1 N–H and O–H groups in total. The Kier molecular flexibility index (Phi) is 5.11. The van der Waals surface area contributed by atoms with Gasteiger partial charge in [0.15, 0.2) is 0 Å². The molecule has 0 aliphatic heterocycles. The third-order valence-corrected chi connectivity index (χ3v) is 3.61. The average molecular weight is 221 g/mol. The van der Waals surface area contributed by atoms with Crippen molar-refractivity contribution >= 4 is 0 Å². The van der Waals surface area contributed by atoms with Gasteiger partial charge in [-0.2, -0.15) is 0 Å². The molecule has 0 bridgehead atoms. The van der Waals surface area contributed by atoms with E-state index in [1.165, 1.54) is 49.8 Å². The average Bonchev–Trinajstić information content (AvgIpc) is 2.66. The van der Waals surface area contributed by atoms with Gasteiger partial charge in [-0.3, -0.25) is 0 Å². The summed E-state index contributed by atoms with van der Waals surface area (Å²) in [6.07, 6.45) is 10.0. The van der Waals surface area contributed by atoms with Crippen molar-refractivity contribution < 1.29 is 0 Å². The Labute approximate surface area is 101 Å². The molecule has 92 valence electrons. The van der Waals surface area contributed by atoms with Crippen molar-refractivity contribution in [1.29, 1.82) is 0 Å². The number of aromatic amines is 1. The third kappa shape index (κ3) is 3.40. The number of rotatable bonds is 7. The largest absolute Gasteiger partial charge is 0.364 e. The second kappa shape index (κ2) is 6.12. The Morgan fingerprint density at radius 1 is 1.12 bits per heavy atom. The van der Waals surface area contributed by atoms with Crippen LogP contribution in [0.5, 0.6) is 0 Å². The van der Waals surface area contributed by atoms with Crippen LogP contribution in [0.25, 0.3) is 0 Å². The molecule has 1 atom stereocenters. The number of unbranched alkanes of at least 4 members (excludes halogenated alkanes) is 2. The summed E-state index contributed by atoms with van der Waals surface area (Å²) < 4.78 is 0. The topological polar surface area (TPSA) is 15.8 Å². The Morgan fingerprint density at radius 2 is 1.88 bits per heavy atom. The number of hydrogen-bond donors (Lipinski definition) is 1. The third-order valence-electron chi connectivity index (χ3n) is 3.61. The van der Waals surface area contributed by atoms with E-state index >= 15 is 0 Å². The Hall–Kier alpha value is -0.720. The smallest absolute Gasteiger partial charge is 0.0210 e. The molecule has 0 saturated carbocycles. The van der Waals surface area contributed by atoms with Crippen molar-refractivity contribution in [3.8, 4) is 0 Å². The lowest BCUT2D eigenvalue weighted by Crippen LogP contribution is -2.22. The van der Waals surface area contributed by atoms with Gasteiger partial charge in [0.1, 0.15) is 0 Å². The van der Waals surface area contributed by atoms with Gasteiger partial charge in [0.05, 0.1) is 0 Å². The first-order chi connectivity index (χ1) is 7.62. The fraction of sp³-hybridized carbons (Fsp3) is 0.733. The fourth-order valence-corrected chi connectivity index (χ4v) is 2.56. The van der Waals surface area contributed by atoms with Gasteiger partial charge in [-0.05, 0) is 31.4 Å². The molecule has 0 aromatic carbocycles. The van der Waals surface area contributed by atoms with Crippen molar-refractivity contribution in [2.24, 2.45) is 0 Å². The first-order valence-corrected chi connectivity index (χ1v) is 6.78. The molecule has 0 saturated heterocycles. The molecule has 0 fully saturated rings. The van der Waals surface area contributed by atoms with Gasteiger partial charge in [0.2, 0.25) is 0 Å². The number of hydrogen-bond acceptors (Lipinski definition) is 0. The van der Waals surface area contributed by atoms with Crippen LogP contribution in [0.2, 0.25) is 0 Å². The SMILES string of the molecule is CCCCCC(C)(CCC)c1cc(C)c[nH]1. The van der Waals surface area contributed by atoms with E-state index in [0.29, 0.717) is 5.41 Å². The van der Waals surface area contributed by atoms with E-state index in [4.69, 9.17) is 0 Å². The first-order valence-electron chi connectivity index (χ1n) is 6.78. The molecule has 0 amide bonds. The minimum Gasteiger partial charge on any atom is -0.364 e. The number of aryl methyl sites for hydroxylation is 1. The molecule has 1 aromatic heterocycles. The van der Waals surface area contributed by atoms with Crippen molar-refractivity contribution in [1.82, 2.24) is 4.98 Å². The lowest BCUT2D eigenvalue weighted by molar-refractivity contribution is 0.370. The summed E-state index contributed by atoms with van der Waals surface area (Å²) in [4.78, 5) is 3.46. The van der Waals surface area contributed by atoms with E-state index in [1.54, 1.807) is 0 Å². The standard InChI is InChI=1S/C15H27N/c1-5-7-8-10-15(4,9-6-2)14-11-13(3)12-16-14/h11-12,16H,5-10H2,1-4H3. The minimum absolute atomic E-state index is 0.359. The summed E-state index contributed by atoms with van der Waals surface area (Å²) in [6, 6.07) is 2.32. The Balaban J connectivity index is 2.71. The lowest BCUT2D eigenvalue weighted by atomic mass is 9.78. The maximum absolute atomic E-state index is 3.46. The number of aromatic nitrogens is 1. The van der Waals surface area contributed by atoms with Gasteiger partial charge in [0.25, 0.3) is 0 Å². The van der Waals surface area contributed by atoms with Crippen LogP contribution in [0.4, 0.5) is 0 Å². The van der Waals surface area contributed by atoms with Crippen LogP contribution in [0.3, 0.4) is 0 Å². The minimum atomic E-state index is 0.359. The first kappa shape index (κ1) is 13.3. The highest BCUT2D eigenvalue weighted by molar-refractivity contribution is 5.22. The molecule has 1 aromatic rings. The summed E-state index contributed by atoms with van der Waals surface area (Å²) >= 11 is 0. The van der Waals surface area contributed by atoms with Crippen molar-refractivity contribution in [2.45, 2.75) is 71.6 Å². The normalized spacial score (nSPS) is 15.0. The van der Waals surface area contributed by atoms with E-state index in [-0.39, 0.29) is 0 Å².